The molecule has 3 aromatic carbocycles. The summed E-state index contributed by atoms with van der Waals surface area (Å²) in [5.41, 5.74) is 1.38. The van der Waals surface area contributed by atoms with E-state index in [1.165, 1.54) is 11.5 Å². The summed E-state index contributed by atoms with van der Waals surface area (Å²) in [6, 6.07) is 20.8. The van der Waals surface area contributed by atoms with Crippen molar-refractivity contribution in [2.75, 3.05) is 5.32 Å². The van der Waals surface area contributed by atoms with E-state index in [-0.39, 0.29) is 5.82 Å². The lowest BCUT2D eigenvalue weighted by molar-refractivity contribution is 0.632. The van der Waals surface area contributed by atoms with Gasteiger partial charge in [-0.15, -0.1) is 0 Å². The molecular formula is C16H12FN. The highest BCUT2D eigenvalue weighted by Gasteiger charge is 2.01. The van der Waals surface area contributed by atoms with E-state index in [2.05, 4.69) is 11.4 Å². The van der Waals surface area contributed by atoms with Gasteiger partial charge in [0.25, 0.3) is 0 Å². The molecule has 0 fully saturated rings. The maximum atomic E-state index is 13.5. The molecule has 2 heteroatoms. The molecule has 18 heavy (non-hydrogen) atoms. The van der Waals surface area contributed by atoms with Crippen molar-refractivity contribution in [2.45, 2.75) is 0 Å². The van der Waals surface area contributed by atoms with E-state index < -0.39 is 0 Å². The molecule has 0 aliphatic heterocycles. The van der Waals surface area contributed by atoms with Crippen LogP contribution in [-0.2, 0) is 0 Å². The third kappa shape index (κ3) is 2.05. The normalized spacial score (nSPS) is 10.5. The first kappa shape index (κ1) is 10.8. The number of nitrogens with one attached hydrogen (secondary N) is 1. The molecule has 0 atom stereocenters. The van der Waals surface area contributed by atoms with E-state index in [4.69, 9.17) is 0 Å². The SMILES string of the molecule is Fc1ccccc1Nc1ccc2ccccc2c1. The van der Waals surface area contributed by atoms with Gasteiger partial charge in [0, 0.05) is 5.69 Å². The van der Waals surface area contributed by atoms with Crippen LogP contribution in [0.4, 0.5) is 15.8 Å². The molecule has 1 nitrogen and oxygen atoms in total. The summed E-state index contributed by atoms with van der Waals surface area (Å²) >= 11 is 0. The Bertz CT molecular complexity index is 691. The second-order valence-electron chi connectivity index (χ2n) is 4.17. The molecule has 0 saturated carbocycles. The number of para-hydroxylation sites is 1. The smallest absolute Gasteiger partial charge is 0.146 e. The molecule has 3 rings (SSSR count). The molecule has 0 amide bonds. The van der Waals surface area contributed by atoms with Gasteiger partial charge in [0.2, 0.25) is 0 Å². The van der Waals surface area contributed by atoms with Crippen molar-refractivity contribution in [3.63, 3.8) is 0 Å². The van der Waals surface area contributed by atoms with Crippen LogP contribution in [0, 0.1) is 5.82 Å². The van der Waals surface area contributed by atoms with Crippen LogP contribution in [0.5, 0.6) is 0 Å². The van der Waals surface area contributed by atoms with E-state index in [0.717, 1.165) is 11.1 Å². The van der Waals surface area contributed by atoms with Crippen molar-refractivity contribution in [3.05, 3.63) is 72.5 Å². The molecule has 0 saturated heterocycles. The van der Waals surface area contributed by atoms with E-state index >= 15 is 0 Å². The topological polar surface area (TPSA) is 12.0 Å². The van der Waals surface area contributed by atoms with Crippen LogP contribution in [0.25, 0.3) is 10.8 Å². The Balaban J connectivity index is 1.98. The van der Waals surface area contributed by atoms with E-state index in [9.17, 15) is 4.39 Å². The highest BCUT2D eigenvalue weighted by Crippen LogP contribution is 2.23. The second-order valence-corrected chi connectivity index (χ2v) is 4.17. The Morgan fingerprint density at radius 1 is 0.722 bits per heavy atom. The van der Waals surface area contributed by atoms with Crippen molar-refractivity contribution in [2.24, 2.45) is 0 Å². The summed E-state index contributed by atoms with van der Waals surface area (Å²) < 4.78 is 13.5. The van der Waals surface area contributed by atoms with Gasteiger partial charge in [-0.3, -0.25) is 0 Å². The van der Waals surface area contributed by atoms with Gasteiger partial charge in [-0.25, -0.2) is 4.39 Å². The first-order valence-corrected chi connectivity index (χ1v) is 5.83. The van der Waals surface area contributed by atoms with Gasteiger partial charge >= 0.3 is 0 Å². The minimum atomic E-state index is -0.245. The molecule has 0 aliphatic carbocycles. The van der Waals surface area contributed by atoms with Crippen molar-refractivity contribution >= 4 is 22.1 Å². The van der Waals surface area contributed by atoms with Crippen LogP contribution in [0.2, 0.25) is 0 Å². The Kier molecular flexibility index (Phi) is 2.69. The maximum Gasteiger partial charge on any atom is 0.146 e. The van der Waals surface area contributed by atoms with Crippen LogP contribution < -0.4 is 5.32 Å². The number of hydrogen-bond donors (Lipinski definition) is 1. The molecule has 0 unspecified atom stereocenters. The zero-order valence-corrected chi connectivity index (χ0v) is 9.73. The Morgan fingerprint density at radius 3 is 2.28 bits per heavy atom. The average Bonchev–Trinajstić information content (AvgIpc) is 2.41. The molecular weight excluding hydrogens is 225 g/mol. The molecule has 0 aliphatic rings. The third-order valence-electron chi connectivity index (χ3n) is 2.90. The van der Waals surface area contributed by atoms with Crippen molar-refractivity contribution in [1.82, 2.24) is 0 Å². The molecule has 0 spiro atoms. The summed E-state index contributed by atoms with van der Waals surface area (Å²) in [6.45, 7) is 0. The van der Waals surface area contributed by atoms with Crippen LogP contribution >= 0.6 is 0 Å². The molecule has 88 valence electrons. The van der Waals surface area contributed by atoms with Crippen LogP contribution in [-0.4, -0.2) is 0 Å². The van der Waals surface area contributed by atoms with Crippen LogP contribution in [0.1, 0.15) is 0 Å². The fourth-order valence-corrected chi connectivity index (χ4v) is 1.99. The largest absolute Gasteiger partial charge is 0.353 e. The molecule has 0 aromatic heterocycles. The predicted octanol–water partition coefficient (Wildman–Crippen LogP) is 4.72. The van der Waals surface area contributed by atoms with Gasteiger partial charge in [-0.1, -0.05) is 42.5 Å². The lowest BCUT2D eigenvalue weighted by atomic mass is 10.1. The monoisotopic (exact) mass is 237 g/mol. The predicted molar refractivity (Wildman–Crippen MR) is 73.6 cm³/mol. The van der Waals surface area contributed by atoms with Gasteiger partial charge in [-0.2, -0.15) is 0 Å². The standard InChI is InChI=1S/C16H12FN/c17-15-7-3-4-8-16(15)18-14-10-9-12-5-1-2-6-13(12)11-14/h1-11,18H. The highest BCUT2D eigenvalue weighted by atomic mass is 19.1. The Hall–Kier alpha value is -2.35. The maximum absolute atomic E-state index is 13.5. The highest BCUT2D eigenvalue weighted by molar-refractivity contribution is 5.86. The van der Waals surface area contributed by atoms with Crippen molar-refractivity contribution in [1.29, 1.82) is 0 Å². The van der Waals surface area contributed by atoms with Gasteiger partial charge in [0.1, 0.15) is 5.82 Å². The van der Waals surface area contributed by atoms with E-state index in [0.29, 0.717) is 5.69 Å². The minimum Gasteiger partial charge on any atom is -0.353 e. The fraction of sp³-hybridized carbons (Fsp3) is 0. The number of rotatable bonds is 2. The zero-order chi connectivity index (χ0) is 12.4. The van der Waals surface area contributed by atoms with Crippen molar-refractivity contribution < 1.29 is 4.39 Å². The van der Waals surface area contributed by atoms with Gasteiger partial charge < -0.3 is 5.32 Å². The van der Waals surface area contributed by atoms with Crippen molar-refractivity contribution in [3.8, 4) is 0 Å². The summed E-state index contributed by atoms with van der Waals surface area (Å²) in [6.07, 6.45) is 0. The first-order chi connectivity index (χ1) is 8.83. The van der Waals surface area contributed by atoms with Crippen LogP contribution in [0.3, 0.4) is 0 Å². The first-order valence-electron chi connectivity index (χ1n) is 5.83. The van der Waals surface area contributed by atoms with E-state index in [1.54, 1.807) is 12.1 Å². The summed E-state index contributed by atoms with van der Waals surface area (Å²) in [4.78, 5) is 0. The molecule has 1 N–H and O–H groups in total. The Morgan fingerprint density at radius 2 is 1.44 bits per heavy atom. The fourth-order valence-electron chi connectivity index (χ4n) is 1.99. The number of hydrogen-bond acceptors (Lipinski definition) is 1. The quantitative estimate of drug-likeness (QED) is 0.679. The number of anilines is 2. The van der Waals surface area contributed by atoms with Gasteiger partial charge in [-0.05, 0) is 35.0 Å². The van der Waals surface area contributed by atoms with Gasteiger partial charge in [0.05, 0.1) is 5.69 Å². The minimum absolute atomic E-state index is 0.245. The van der Waals surface area contributed by atoms with Crippen LogP contribution in [0.15, 0.2) is 66.7 Å². The molecule has 3 aromatic rings. The summed E-state index contributed by atoms with van der Waals surface area (Å²) in [5, 5.41) is 5.40. The third-order valence-corrected chi connectivity index (χ3v) is 2.90. The molecule has 0 bridgehead atoms. The zero-order valence-electron chi connectivity index (χ0n) is 9.73. The Labute approximate surface area is 105 Å². The molecule has 0 heterocycles. The number of benzene rings is 3. The average molecular weight is 237 g/mol. The summed E-state index contributed by atoms with van der Waals surface area (Å²) in [7, 11) is 0. The number of fused-ring (bicyclic) bond motifs is 1. The lowest BCUT2D eigenvalue weighted by Crippen LogP contribution is -1.93. The van der Waals surface area contributed by atoms with E-state index in [1.807, 2.05) is 42.5 Å². The second kappa shape index (κ2) is 4.49. The molecule has 0 radical (unpaired) electrons. The lowest BCUT2D eigenvalue weighted by Gasteiger charge is -2.08. The summed E-state index contributed by atoms with van der Waals surface area (Å²) in [5.74, 6) is -0.245. The number of halogens is 1. The van der Waals surface area contributed by atoms with Gasteiger partial charge in [0.15, 0.2) is 0 Å².